The molecule has 1 amide bonds. The Bertz CT molecular complexity index is 662. The fourth-order valence-corrected chi connectivity index (χ4v) is 3.97. The first-order valence-corrected chi connectivity index (χ1v) is 8.43. The summed E-state index contributed by atoms with van der Waals surface area (Å²) >= 11 is 1.60. The molecule has 2 heterocycles. The third-order valence-corrected chi connectivity index (χ3v) is 5.40. The van der Waals surface area contributed by atoms with Gasteiger partial charge in [0.1, 0.15) is 0 Å². The maximum atomic E-state index is 12.1. The number of aryl methyl sites for hydroxylation is 1. The van der Waals surface area contributed by atoms with Gasteiger partial charge in [0, 0.05) is 36.0 Å². The van der Waals surface area contributed by atoms with E-state index in [1.54, 1.807) is 11.3 Å². The van der Waals surface area contributed by atoms with Gasteiger partial charge in [0.05, 0.1) is 5.69 Å². The fourth-order valence-electron chi connectivity index (χ4n) is 2.81. The first kappa shape index (κ1) is 15.2. The molecule has 1 aromatic rings. The van der Waals surface area contributed by atoms with Crippen LogP contribution in [0.2, 0.25) is 0 Å². The molecule has 0 saturated carbocycles. The van der Waals surface area contributed by atoms with Gasteiger partial charge in [-0.3, -0.25) is 4.79 Å². The van der Waals surface area contributed by atoms with E-state index in [2.05, 4.69) is 40.3 Å². The van der Waals surface area contributed by atoms with Crippen LogP contribution in [0, 0.1) is 12.3 Å². The van der Waals surface area contributed by atoms with Gasteiger partial charge in [-0.05, 0) is 12.8 Å². The summed E-state index contributed by atoms with van der Waals surface area (Å²) in [6.45, 7) is 4.41. The fraction of sp³-hybridized carbons (Fsp3) is 0.625. The number of rotatable bonds is 6. The minimum Gasteiger partial charge on any atom is -0.302 e. The van der Waals surface area contributed by atoms with Crippen LogP contribution >= 0.6 is 11.3 Å². The number of carbonyl (C=O) groups is 1. The van der Waals surface area contributed by atoms with E-state index in [4.69, 9.17) is 6.42 Å². The molecule has 22 heavy (non-hydrogen) atoms. The van der Waals surface area contributed by atoms with Crippen LogP contribution in [0.15, 0.2) is 10.2 Å². The van der Waals surface area contributed by atoms with Gasteiger partial charge in [0.15, 0.2) is 10.8 Å². The molecule has 0 radical (unpaired) electrons. The van der Waals surface area contributed by atoms with Gasteiger partial charge in [-0.2, -0.15) is 10.2 Å². The monoisotopic (exact) mass is 316 g/mol. The number of hydrogen-bond donors (Lipinski definition) is 1. The van der Waals surface area contributed by atoms with Crippen LogP contribution in [0.1, 0.15) is 56.5 Å². The Kier molecular flexibility index (Phi) is 3.77. The van der Waals surface area contributed by atoms with Crippen molar-refractivity contribution < 1.29 is 4.79 Å². The molecule has 0 unspecified atom stereocenters. The zero-order valence-corrected chi connectivity index (χ0v) is 13.8. The van der Waals surface area contributed by atoms with Crippen LogP contribution in [-0.4, -0.2) is 16.6 Å². The number of hydrogen-bond acceptors (Lipinski definition) is 5. The highest BCUT2D eigenvalue weighted by molar-refractivity contribution is 7.16. The Hall–Kier alpha value is -1.74. The molecule has 0 spiro atoms. The highest BCUT2D eigenvalue weighted by Gasteiger charge is 2.39. The number of aromatic nitrogens is 1. The molecule has 1 N–H and O–H groups in total. The van der Waals surface area contributed by atoms with Crippen molar-refractivity contribution in [1.29, 1.82) is 0 Å². The molecule has 1 aliphatic heterocycles. The molecule has 0 saturated heterocycles. The lowest BCUT2D eigenvalue weighted by Crippen LogP contribution is -2.18. The lowest BCUT2D eigenvalue weighted by molar-refractivity contribution is -0.116. The molecule has 5 nitrogen and oxygen atoms in total. The van der Waals surface area contributed by atoms with Crippen molar-refractivity contribution in [1.82, 2.24) is 4.98 Å². The van der Waals surface area contributed by atoms with Gasteiger partial charge >= 0.3 is 0 Å². The van der Waals surface area contributed by atoms with E-state index in [0.717, 1.165) is 25.0 Å². The third-order valence-electron chi connectivity index (χ3n) is 4.37. The number of fused-ring (bicyclic) bond motifs is 1. The zero-order chi connectivity index (χ0) is 15.8. The molecule has 3 rings (SSSR count). The third kappa shape index (κ3) is 3.05. The van der Waals surface area contributed by atoms with Gasteiger partial charge < -0.3 is 5.32 Å². The molecular formula is C16H20N4OS. The second-order valence-electron chi connectivity index (χ2n) is 6.61. The Labute approximate surface area is 134 Å². The lowest BCUT2D eigenvalue weighted by Gasteiger charge is -2.15. The van der Waals surface area contributed by atoms with Gasteiger partial charge in [0.25, 0.3) is 0 Å². The summed E-state index contributed by atoms with van der Waals surface area (Å²) in [6.07, 6.45) is 9.84. The van der Waals surface area contributed by atoms with E-state index in [1.165, 1.54) is 4.88 Å². The zero-order valence-electron chi connectivity index (χ0n) is 13.0. The first-order valence-electron chi connectivity index (χ1n) is 7.62. The number of nitrogens with zero attached hydrogens (tertiary/aromatic N) is 3. The summed E-state index contributed by atoms with van der Waals surface area (Å²) in [5, 5.41) is 11.7. The number of anilines is 1. The second-order valence-corrected chi connectivity index (χ2v) is 7.69. The predicted octanol–water partition coefficient (Wildman–Crippen LogP) is 3.66. The summed E-state index contributed by atoms with van der Waals surface area (Å²) in [6, 6.07) is 0. The maximum absolute atomic E-state index is 12.1. The van der Waals surface area contributed by atoms with E-state index in [0.29, 0.717) is 24.4 Å². The van der Waals surface area contributed by atoms with E-state index in [9.17, 15) is 4.79 Å². The van der Waals surface area contributed by atoms with E-state index >= 15 is 0 Å². The Balaban J connectivity index is 1.52. The number of thiazole rings is 1. The van der Waals surface area contributed by atoms with Gasteiger partial charge in [-0.1, -0.05) is 13.8 Å². The van der Waals surface area contributed by atoms with Crippen molar-refractivity contribution in [2.24, 2.45) is 10.2 Å². The SMILES string of the molecule is C#CCCC1(CCC(=O)Nc2nc3c(s2)CCC3(C)C)N=N1. The van der Waals surface area contributed by atoms with E-state index in [1.807, 2.05) is 0 Å². The molecule has 1 aromatic heterocycles. The number of carbonyl (C=O) groups excluding carboxylic acids is 1. The van der Waals surface area contributed by atoms with Crippen molar-refractivity contribution in [3.63, 3.8) is 0 Å². The second kappa shape index (κ2) is 5.47. The Morgan fingerprint density at radius 2 is 2.18 bits per heavy atom. The van der Waals surface area contributed by atoms with Crippen molar-refractivity contribution in [3.8, 4) is 12.3 Å². The Morgan fingerprint density at radius 1 is 1.41 bits per heavy atom. The van der Waals surface area contributed by atoms with Crippen LogP contribution in [0.25, 0.3) is 0 Å². The summed E-state index contributed by atoms with van der Waals surface area (Å²) in [7, 11) is 0. The van der Waals surface area contributed by atoms with Crippen molar-refractivity contribution in [3.05, 3.63) is 10.6 Å². The van der Waals surface area contributed by atoms with Gasteiger partial charge in [0.2, 0.25) is 5.91 Å². The topological polar surface area (TPSA) is 66.7 Å². The van der Waals surface area contributed by atoms with Crippen LogP contribution in [-0.2, 0) is 16.6 Å². The van der Waals surface area contributed by atoms with Gasteiger partial charge in [-0.15, -0.1) is 23.7 Å². The summed E-state index contributed by atoms with van der Waals surface area (Å²) < 4.78 is 0. The molecule has 1 aliphatic carbocycles. The number of nitrogens with one attached hydrogen (secondary N) is 1. The molecule has 0 atom stereocenters. The summed E-state index contributed by atoms with van der Waals surface area (Å²) in [5.41, 5.74) is 0.876. The lowest BCUT2D eigenvalue weighted by atomic mass is 9.91. The molecule has 6 heteroatoms. The van der Waals surface area contributed by atoms with Crippen LogP contribution in [0.3, 0.4) is 0 Å². The van der Waals surface area contributed by atoms with E-state index < -0.39 is 5.66 Å². The molecule has 2 aliphatic rings. The van der Waals surface area contributed by atoms with Gasteiger partial charge in [-0.25, -0.2) is 4.98 Å². The molecular weight excluding hydrogens is 296 g/mol. The Morgan fingerprint density at radius 3 is 2.82 bits per heavy atom. The molecule has 0 aromatic carbocycles. The van der Waals surface area contributed by atoms with Crippen molar-refractivity contribution in [2.75, 3.05) is 5.32 Å². The smallest absolute Gasteiger partial charge is 0.226 e. The maximum Gasteiger partial charge on any atom is 0.226 e. The van der Waals surface area contributed by atoms with Crippen molar-refractivity contribution >= 4 is 22.4 Å². The molecule has 116 valence electrons. The standard InChI is InChI=1S/C16H20N4OS/c1-4-5-8-16(19-20-16)10-7-12(21)17-14-18-13-11(22-14)6-9-15(13,2)3/h1H,5-10H2,2-3H3,(H,17,18,21). The number of terminal acetylenes is 1. The minimum absolute atomic E-state index is 0.0254. The van der Waals surface area contributed by atoms with Crippen molar-refractivity contribution in [2.45, 2.75) is 63.5 Å². The van der Waals surface area contributed by atoms with E-state index in [-0.39, 0.29) is 11.3 Å². The average molecular weight is 316 g/mol. The highest BCUT2D eigenvalue weighted by Crippen LogP contribution is 2.42. The largest absolute Gasteiger partial charge is 0.302 e. The molecule has 0 bridgehead atoms. The highest BCUT2D eigenvalue weighted by atomic mass is 32.1. The summed E-state index contributed by atoms with van der Waals surface area (Å²) in [4.78, 5) is 18.0. The first-order chi connectivity index (χ1) is 10.4. The molecule has 0 fully saturated rings. The minimum atomic E-state index is -0.393. The summed E-state index contributed by atoms with van der Waals surface area (Å²) in [5.74, 6) is 2.57. The normalized spacial score (nSPS) is 19.5. The van der Waals surface area contributed by atoms with Crippen LogP contribution < -0.4 is 5.32 Å². The quantitative estimate of drug-likeness (QED) is 0.814. The van der Waals surface area contributed by atoms with Crippen LogP contribution in [0.4, 0.5) is 5.13 Å². The van der Waals surface area contributed by atoms with Crippen LogP contribution in [0.5, 0.6) is 0 Å². The predicted molar refractivity (Wildman–Crippen MR) is 87.0 cm³/mol. The number of amides is 1. The average Bonchev–Trinajstić information content (AvgIpc) is 3.04.